The number of hydrogen-bond acceptors (Lipinski definition) is 2. The van der Waals surface area contributed by atoms with Crippen molar-refractivity contribution in [3.8, 4) is 0 Å². The van der Waals surface area contributed by atoms with Crippen molar-refractivity contribution in [3.05, 3.63) is 0 Å². The standard InChI is InChI=1S/C8H18O2.C2H6/c1-7(9)5-6-10-8(2,3)4;1-2/h7,9H,5-6H2,1-4H3;1-2H3. The van der Waals surface area contributed by atoms with Gasteiger partial charge in [-0.3, -0.25) is 0 Å². The molecule has 1 unspecified atom stereocenters. The molecule has 0 fully saturated rings. The Morgan fingerprint density at radius 2 is 1.67 bits per heavy atom. The van der Waals surface area contributed by atoms with Crippen LogP contribution in [0.3, 0.4) is 0 Å². The van der Waals surface area contributed by atoms with Crippen LogP contribution in [-0.4, -0.2) is 23.4 Å². The van der Waals surface area contributed by atoms with E-state index in [1.54, 1.807) is 6.92 Å². The molecule has 0 spiro atoms. The molecule has 0 bridgehead atoms. The maximum absolute atomic E-state index is 8.87. The number of aliphatic hydroxyl groups is 1. The van der Waals surface area contributed by atoms with Gasteiger partial charge in [0.1, 0.15) is 0 Å². The molecule has 0 aliphatic heterocycles. The summed E-state index contributed by atoms with van der Waals surface area (Å²) in [5.41, 5.74) is -0.0745. The quantitative estimate of drug-likeness (QED) is 0.716. The molecular formula is C10H24O2. The summed E-state index contributed by atoms with van der Waals surface area (Å²) in [6, 6.07) is 0. The average molecular weight is 176 g/mol. The Hall–Kier alpha value is -0.0800. The number of hydrogen-bond donors (Lipinski definition) is 1. The summed E-state index contributed by atoms with van der Waals surface area (Å²) in [4.78, 5) is 0. The third-order valence-electron chi connectivity index (χ3n) is 1.07. The maximum Gasteiger partial charge on any atom is 0.0598 e. The highest BCUT2D eigenvalue weighted by Gasteiger charge is 2.09. The largest absolute Gasteiger partial charge is 0.393 e. The normalized spacial score (nSPS) is 13.2. The van der Waals surface area contributed by atoms with Crippen LogP contribution in [-0.2, 0) is 4.74 Å². The van der Waals surface area contributed by atoms with Gasteiger partial charge in [-0.25, -0.2) is 0 Å². The van der Waals surface area contributed by atoms with Crippen molar-refractivity contribution in [1.29, 1.82) is 0 Å². The first-order valence-corrected chi connectivity index (χ1v) is 4.74. The summed E-state index contributed by atoms with van der Waals surface area (Å²) in [6.45, 7) is 12.4. The fourth-order valence-electron chi connectivity index (χ4n) is 0.536. The Balaban J connectivity index is 0. The molecule has 0 aromatic rings. The van der Waals surface area contributed by atoms with Gasteiger partial charge < -0.3 is 9.84 Å². The van der Waals surface area contributed by atoms with Gasteiger partial charge in [0.2, 0.25) is 0 Å². The Labute approximate surface area is 76.9 Å². The highest BCUT2D eigenvalue weighted by atomic mass is 16.5. The van der Waals surface area contributed by atoms with E-state index in [9.17, 15) is 0 Å². The van der Waals surface area contributed by atoms with E-state index >= 15 is 0 Å². The molecule has 1 atom stereocenters. The second-order valence-corrected chi connectivity index (χ2v) is 3.60. The van der Waals surface area contributed by atoms with E-state index in [1.165, 1.54) is 0 Å². The van der Waals surface area contributed by atoms with Crippen molar-refractivity contribution in [1.82, 2.24) is 0 Å². The van der Waals surface area contributed by atoms with Gasteiger partial charge in [-0.1, -0.05) is 13.8 Å². The van der Waals surface area contributed by atoms with Gasteiger partial charge in [-0.05, 0) is 34.1 Å². The van der Waals surface area contributed by atoms with Crippen LogP contribution in [0.2, 0.25) is 0 Å². The van der Waals surface area contributed by atoms with Crippen LogP contribution in [0.4, 0.5) is 0 Å². The van der Waals surface area contributed by atoms with E-state index in [2.05, 4.69) is 0 Å². The monoisotopic (exact) mass is 176 g/mol. The van der Waals surface area contributed by atoms with Crippen molar-refractivity contribution in [2.45, 2.75) is 59.7 Å². The molecule has 0 rings (SSSR count). The summed E-state index contributed by atoms with van der Waals surface area (Å²) < 4.78 is 5.38. The first-order valence-electron chi connectivity index (χ1n) is 4.74. The maximum atomic E-state index is 8.87. The van der Waals surface area contributed by atoms with Crippen LogP contribution in [0.15, 0.2) is 0 Å². The first-order chi connectivity index (χ1) is 5.42. The molecule has 2 heteroatoms. The molecule has 0 amide bonds. The lowest BCUT2D eigenvalue weighted by atomic mass is 10.2. The zero-order valence-corrected chi connectivity index (χ0v) is 9.35. The Morgan fingerprint density at radius 3 is 1.92 bits per heavy atom. The van der Waals surface area contributed by atoms with Crippen molar-refractivity contribution in [2.75, 3.05) is 6.61 Å². The van der Waals surface area contributed by atoms with Gasteiger partial charge in [-0.2, -0.15) is 0 Å². The number of ether oxygens (including phenoxy) is 1. The predicted octanol–water partition coefficient (Wildman–Crippen LogP) is 2.60. The molecule has 1 N–H and O–H groups in total. The van der Waals surface area contributed by atoms with Gasteiger partial charge >= 0.3 is 0 Å². The predicted molar refractivity (Wildman–Crippen MR) is 53.4 cm³/mol. The average Bonchev–Trinajstić information content (AvgIpc) is 1.88. The topological polar surface area (TPSA) is 29.5 Å². The highest BCUT2D eigenvalue weighted by Crippen LogP contribution is 2.07. The second kappa shape index (κ2) is 7.56. The zero-order chi connectivity index (χ0) is 10.2. The van der Waals surface area contributed by atoms with Crippen LogP contribution in [0, 0.1) is 0 Å². The lowest BCUT2D eigenvalue weighted by molar-refractivity contribution is -0.0163. The van der Waals surface area contributed by atoms with Crippen LogP contribution >= 0.6 is 0 Å². The fraction of sp³-hybridized carbons (Fsp3) is 1.00. The minimum atomic E-state index is -0.248. The molecule has 0 radical (unpaired) electrons. The van der Waals surface area contributed by atoms with Crippen LogP contribution in [0.5, 0.6) is 0 Å². The van der Waals surface area contributed by atoms with E-state index in [0.29, 0.717) is 6.61 Å². The van der Waals surface area contributed by atoms with E-state index in [4.69, 9.17) is 9.84 Å². The number of rotatable bonds is 3. The van der Waals surface area contributed by atoms with Crippen LogP contribution in [0.1, 0.15) is 48.0 Å². The van der Waals surface area contributed by atoms with Gasteiger partial charge in [0.15, 0.2) is 0 Å². The Kier molecular flexibility index (Phi) is 9.10. The Bertz CT molecular complexity index is 82.3. The van der Waals surface area contributed by atoms with Crippen molar-refractivity contribution >= 4 is 0 Å². The van der Waals surface area contributed by atoms with Crippen molar-refractivity contribution in [2.24, 2.45) is 0 Å². The van der Waals surface area contributed by atoms with Gasteiger partial charge in [0, 0.05) is 6.61 Å². The molecule has 0 aromatic heterocycles. The molecular weight excluding hydrogens is 152 g/mol. The van der Waals surface area contributed by atoms with E-state index < -0.39 is 0 Å². The van der Waals surface area contributed by atoms with E-state index in [1.807, 2.05) is 34.6 Å². The molecule has 2 nitrogen and oxygen atoms in total. The third kappa shape index (κ3) is 16.5. The summed E-state index contributed by atoms with van der Waals surface area (Å²) in [7, 11) is 0. The molecule has 0 heterocycles. The fourth-order valence-corrected chi connectivity index (χ4v) is 0.536. The van der Waals surface area contributed by atoms with E-state index in [0.717, 1.165) is 6.42 Å². The van der Waals surface area contributed by atoms with Crippen molar-refractivity contribution < 1.29 is 9.84 Å². The molecule has 76 valence electrons. The minimum Gasteiger partial charge on any atom is -0.393 e. The molecule has 0 aliphatic carbocycles. The van der Waals surface area contributed by atoms with Crippen LogP contribution in [0.25, 0.3) is 0 Å². The summed E-state index contributed by atoms with van der Waals surface area (Å²) in [6.07, 6.45) is 0.472. The number of aliphatic hydroxyl groups excluding tert-OH is 1. The lowest BCUT2D eigenvalue weighted by Crippen LogP contribution is -2.21. The molecule has 0 aromatic carbocycles. The molecule has 12 heavy (non-hydrogen) atoms. The van der Waals surface area contributed by atoms with Crippen LogP contribution < -0.4 is 0 Å². The first kappa shape index (κ1) is 14.4. The molecule has 0 aliphatic rings. The van der Waals surface area contributed by atoms with Gasteiger partial charge in [0.25, 0.3) is 0 Å². The van der Waals surface area contributed by atoms with Gasteiger partial charge in [-0.15, -0.1) is 0 Å². The summed E-state index contributed by atoms with van der Waals surface area (Å²) in [5.74, 6) is 0. The van der Waals surface area contributed by atoms with Gasteiger partial charge in [0.05, 0.1) is 11.7 Å². The zero-order valence-electron chi connectivity index (χ0n) is 9.35. The van der Waals surface area contributed by atoms with E-state index in [-0.39, 0.29) is 11.7 Å². The highest BCUT2D eigenvalue weighted by molar-refractivity contribution is 4.59. The van der Waals surface area contributed by atoms with Crippen molar-refractivity contribution in [3.63, 3.8) is 0 Å². The Morgan fingerprint density at radius 1 is 1.25 bits per heavy atom. The lowest BCUT2D eigenvalue weighted by Gasteiger charge is -2.19. The second-order valence-electron chi connectivity index (χ2n) is 3.60. The summed E-state index contributed by atoms with van der Waals surface area (Å²) >= 11 is 0. The smallest absolute Gasteiger partial charge is 0.0598 e. The third-order valence-corrected chi connectivity index (χ3v) is 1.07. The molecule has 0 saturated carbocycles. The summed E-state index contributed by atoms with van der Waals surface area (Å²) in [5, 5.41) is 8.87. The molecule has 0 saturated heterocycles. The minimum absolute atomic E-state index is 0.0745. The SMILES string of the molecule is CC.CC(O)CCOC(C)(C)C.